The summed E-state index contributed by atoms with van der Waals surface area (Å²) in [5.41, 5.74) is 0. The van der Waals surface area contributed by atoms with Crippen molar-refractivity contribution in [3.05, 3.63) is 0 Å². The largest absolute Gasteiger partial charge is 0.384 e. The number of nitrogens with one attached hydrogen (secondary N) is 1. The van der Waals surface area contributed by atoms with Crippen LogP contribution in [0, 0.1) is 0 Å². The zero-order valence-corrected chi connectivity index (χ0v) is 12.0. The molecule has 1 rings (SSSR count). The Hall–Kier alpha value is 0.350. The second-order valence-corrected chi connectivity index (χ2v) is 7.53. The Bertz CT molecular complexity index is 288. The predicted octanol–water partition coefficient (Wildman–Crippen LogP) is 1.65. The molecule has 0 radical (unpaired) electrons. The molecule has 1 saturated carbocycles. The molecule has 96 valence electrons. The van der Waals surface area contributed by atoms with Crippen LogP contribution in [0.25, 0.3) is 0 Å². The number of ether oxygens (including phenoxy) is 1. The van der Waals surface area contributed by atoms with Gasteiger partial charge in [-0.3, -0.25) is 0 Å². The van der Waals surface area contributed by atoms with Crippen LogP contribution >= 0.6 is 15.9 Å². The zero-order chi connectivity index (χ0) is 12.0. The monoisotopic (exact) mass is 313 g/mol. The number of halogens is 1. The molecule has 1 atom stereocenters. The normalized spacial score (nSPS) is 20.1. The fourth-order valence-electron chi connectivity index (χ4n) is 1.94. The molecule has 1 aliphatic carbocycles. The van der Waals surface area contributed by atoms with Crippen LogP contribution in [-0.4, -0.2) is 38.8 Å². The maximum absolute atomic E-state index is 11.8. The molecule has 0 amide bonds. The smallest absolute Gasteiger partial charge is 0.214 e. The Morgan fingerprint density at radius 2 is 2.06 bits per heavy atom. The summed E-state index contributed by atoms with van der Waals surface area (Å²) in [7, 11) is -1.45. The molecule has 0 spiro atoms. The Morgan fingerprint density at radius 1 is 1.44 bits per heavy atom. The third kappa shape index (κ3) is 4.69. The van der Waals surface area contributed by atoms with Crippen LogP contribution in [0.3, 0.4) is 0 Å². The van der Waals surface area contributed by atoms with E-state index in [4.69, 9.17) is 4.74 Å². The molecule has 0 aromatic heterocycles. The minimum Gasteiger partial charge on any atom is -0.384 e. The molecule has 0 saturated heterocycles. The molecule has 0 heterocycles. The van der Waals surface area contributed by atoms with Crippen molar-refractivity contribution in [2.45, 2.75) is 42.2 Å². The van der Waals surface area contributed by atoms with Gasteiger partial charge >= 0.3 is 0 Å². The highest BCUT2D eigenvalue weighted by Gasteiger charge is 2.28. The standard InChI is InChI=1S/C10H20BrNO3S/c1-15-8-9(11)6-7-12-16(13,14)10-4-2-3-5-10/h9-10,12H,2-8H2,1H3. The van der Waals surface area contributed by atoms with Crippen LogP contribution < -0.4 is 4.72 Å². The van der Waals surface area contributed by atoms with Gasteiger partial charge in [-0.1, -0.05) is 28.8 Å². The van der Waals surface area contributed by atoms with E-state index in [1.54, 1.807) is 7.11 Å². The summed E-state index contributed by atoms with van der Waals surface area (Å²) in [6.07, 6.45) is 4.45. The van der Waals surface area contributed by atoms with Crippen molar-refractivity contribution in [1.82, 2.24) is 4.72 Å². The van der Waals surface area contributed by atoms with Crippen molar-refractivity contribution < 1.29 is 13.2 Å². The number of alkyl halides is 1. The number of sulfonamides is 1. The van der Waals surface area contributed by atoms with E-state index >= 15 is 0 Å². The summed E-state index contributed by atoms with van der Waals surface area (Å²) < 4.78 is 31.3. The summed E-state index contributed by atoms with van der Waals surface area (Å²) in [6, 6.07) is 0. The van der Waals surface area contributed by atoms with E-state index in [2.05, 4.69) is 20.7 Å². The summed E-state index contributed by atoms with van der Waals surface area (Å²) in [5.74, 6) is 0. The first kappa shape index (κ1) is 14.4. The molecular formula is C10H20BrNO3S. The van der Waals surface area contributed by atoms with Crippen LogP contribution in [0.15, 0.2) is 0 Å². The van der Waals surface area contributed by atoms with Crippen LogP contribution in [0.1, 0.15) is 32.1 Å². The number of rotatable bonds is 7. The number of hydrogen-bond acceptors (Lipinski definition) is 3. The van der Waals surface area contributed by atoms with Gasteiger partial charge in [0.25, 0.3) is 0 Å². The molecule has 0 bridgehead atoms. The van der Waals surface area contributed by atoms with Crippen LogP contribution in [0.4, 0.5) is 0 Å². The highest BCUT2D eigenvalue weighted by Crippen LogP contribution is 2.23. The van der Waals surface area contributed by atoms with E-state index in [0.717, 1.165) is 32.1 Å². The first-order chi connectivity index (χ1) is 7.56. The fraction of sp³-hybridized carbons (Fsp3) is 1.00. The Balaban J connectivity index is 2.25. The van der Waals surface area contributed by atoms with Crippen molar-refractivity contribution >= 4 is 26.0 Å². The van der Waals surface area contributed by atoms with Gasteiger partial charge in [-0.25, -0.2) is 13.1 Å². The zero-order valence-electron chi connectivity index (χ0n) is 9.62. The third-order valence-corrected chi connectivity index (χ3v) is 5.53. The minimum absolute atomic E-state index is 0.163. The summed E-state index contributed by atoms with van der Waals surface area (Å²) in [6.45, 7) is 1.09. The maximum Gasteiger partial charge on any atom is 0.214 e. The average molecular weight is 314 g/mol. The highest BCUT2D eigenvalue weighted by molar-refractivity contribution is 9.09. The lowest BCUT2D eigenvalue weighted by atomic mass is 10.3. The van der Waals surface area contributed by atoms with Gasteiger partial charge in [-0.2, -0.15) is 0 Å². The second kappa shape index (κ2) is 6.93. The maximum atomic E-state index is 11.8. The van der Waals surface area contributed by atoms with E-state index in [-0.39, 0.29) is 10.1 Å². The molecule has 16 heavy (non-hydrogen) atoms. The van der Waals surface area contributed by atoms with E-state index in [0.29, 0.717) is 13.2 Å². The SMILES string of the molecule is COCC(Br)CCNS(=O)(=O)C1CCCC1. The van der Waals surface area contributed by atoms with Gasteiger partial charge in [-0.05, 0) is 19.3 Å². The molecule has 6 heteroatoms. The van der Waals surface area contributed by atoms with Crippen molar-refractivity contribution in [1.29, 1.82) is 0 Å². The van der Waals surface area contributed by atoms with E-state index < -0.39 is 10.0 Å². The van der Waals surface area contributed by atoms with Crippen molar-refractivity contribution in [2.75, 3.05) is 20.3 Å². The number of hydrogen-bond donors (Lipinski definition) is 1. The fourth-order valence-corrected chi connectivity index (χ4v) is 4.02. The summed E-state index contributed by atoms with van der Waals surface area (Å²) in [5, 5.41) is -0.163. The second-order valence-electron chi connectivity index (χ2n) is 4.19. The van der Waals surface area contributed by atoms with Gasteiger partial charge in [0.05, 0.1) is 11.9 Å². The summed E-state index contributed by atoms with van der Waals surface area (Å²) >= 11 is 3.43. The lowest BCUT2D eigenvalue weighted by Crippen LogP contribution is -2.34. The molecule has 1 N–H and O–H groups in total. The van der Waals surface area contributed by atoms with Crippen molar-refractivity contribution in [2.24, 2.45) is 0 Å². The molecule has 0 aromatic rings. The molecular weight excluding hydrogens is 294 g/mol. The van der Waals surface area contributed by atoms with Crippen LogP contribution in [0.5, 0.6) is 0 Å². The molecule has 0 aromatic carbocycles. The predicted molar refractivity (Wildman–Crippen MR) is 68.4 cm³/mol. The third-order valence-electron chi connectivity index (χ3n) is 2.85. The average Bonchev–Trinajstić information content (AvgIpc) is 2.71. The topological polar surface area (TPSA) is 55.4 Å². The van der Waals surface area contributed by atoms with Crippen LogP contribution in [-0.2, 0) is 14.8 Å². The quantitative estimate of drug-likeness (QED) is 0.727. The molecule has 1 unspecified atom stereocenters. The highest BCUT2D eigenvalue weighted by atomic mass is 79.9. The van der Waals surface area contributed by atoms with Crippen LogP contribution in [0.2, 0.25) is 0 Å². The van der Waals surface area contributed by atoms with Gasteiger partial charge in [0, 0.05) is 18.5 Å². The molecule has 1 fully saturated rings. The first-order valence-electron chi connectivity index (χ1n) is 5.67. The number of methoxy groups -OCH3 is 1. The Kier molecular flexibility index (Phi) is 6.25. The minimum atomic E-state index is -3.08. The van der Waals surface area contributed by atoms with Crippen molar-refractivity contribution in [3.63, 3.8) is 0 Å². The van der Waals surface area contributed by atoms with Gasteiger partial charge in [0.2, 0.25) is 10.0 Å². The summed E-state index contributed by atoms with van der Waals surface area (Å²) in [4.78, 5) is 0.212. The molecule has 0 aliphatic heterocycles. The lowest BCUT2D eigenvalue weighted by molar-refractivity contribution is 0.199. The lowest BCUT2D eigenvalue weighted by Gasteiger charge is -2.13. The molecule has 1 aliphatic rings. The van der Waals surface area contributed by atoms with Gasteiger partial charge < -0.3 is 4.74 Å². The van der Waals surface area contributed by atoms with Gasteiger partial charge in [0.15, 0.2) is 0 Å². The molecule has 4 nitrogen and oxygen atoms in total. The Morgan fingerprint density at radius 3 is 2.62 bits per heavy atom. The van der Waals surface area contributed by atoms with Gasteiger partial charge in [-0.15, -0.1) is 0 Å². The van der Waals surface area contributed by atoms with E-state index in [1.807, 2.05) is 0 Å². The first-order valence-corrected chi connectivity index (χ1v) is 8.14. The van der Waals surface area contributed by atoms with E-state index in [9.17, 15) is 8.42 Å². The Labute approximate surface area is 106 Å². The van der Waals surface area contributed by atoms with E-state index in [1.165, 1.54) is 0 Å². The van der Waals surface area contributed by atoms with Crippen molar-refractivity contribution in [3.8, 4) is 0 Å². The van der Waals surface area contributed by atoms with Gasteiger partial charge in [0.1, 0.15) is 0 Å².